The summed E-state index contributed by atoms with van der Waals surface area (Å²) in [4.78, 5) is 22.0. The van der Waals surface area contributed by atoms with Gasteiger partial charge in [-0.3, -0.25) is 9.89 Å². The molecule has 3 heterocycles. The standard InChI is InChI=1S/C12H9ClN6O/c13-9-6-15-12(18-8-1-2-10(20)14-5-8)19-11(9)7-3-16-17-4-7/h1-6H,(H,14,20)(H,16,17)(H,15,18,19). The van der Waals surface area contributed by atoms with Crippen molar-refractivity contribution in [3.8, 4) is 11.3 Å². The van der Waals surface area contributed by atoms with E-state index in [0.29, 0.717) is 22.4 Å². The molecule has 0 saturated heterocycles. The Labute approximate surface area is 118 Å². The number of H-pyrrole nitrogens is 2. The summed E-state index contributed by atoms with van der Waals surface area (Å²) in [5.74, 6) is 0.373. The van der Waals surface area contributed by atoms with Crippen LogP contribution in [0, 0.1) is 0 Å². The number of nitrogens with zero attached hydrogens (tertiary/aromatic N) is 3. The van der Waals surface area contributed by atoms with E-state index in [4.69, 9.17) is 11.6 Å². The zero-order valence-corrected chi connectivity index (χ0v) is 10.8. The summed E-state index contributed by atoms with van der Waals surface area (Å²) in [5.41, 5.74) is 1.83. The van der Waals surface area contributed by atoms with Gasteiger partial charge >= 0.3 is 0 Å². The molecule has 0 atom stereocenters. The van der Waals surface area contributed by atoms with Gasteiger partial charge in [-0.2, -0.15) is 5.10 Å². The van der Waals surface area contributed by atoms with Crippen molar-refractivity contribution in [3.63, 3.8) is 0 Å². The average Bonchev–Trinajstić information content (AvgIpc) is 2.97. The zero-order valence-electron chi connectivity index (χ0n) is 10.1. The summed E-state index contributed by atoms with van der Waals surface area (Å²) in [6.07, 6.45) is 6.36. The van der Waals surface area contributed by atoms with E-state index in [0.717, 1.165) is 5.56 Å². The lowest BCUT2D eigenvalue weighted by Gasteiger charge is -2.06. The Hall–Kier alpha value is -2.67. The van der Waals surface area contributed by atoms with Gasteiger partial charge in [0.2, 0.25) is 11.5 Å². The molecule has 0 aliphatic heterocycles. The van der Waals surface area contributed by atoms with E-state index in [2.05, 4.69) is 30.5 Å². The van der Waals surface area contributed by atoms with Crippen molar-refractivity contribution in [2.45, 2.75) is 0 Å². The number of rotatable bonds is 3. The number of halogens is 1. The first kappa shape index (κ1) is 12.4. The highest BCUT2D eigenvalue weighted by molar-refractivity contribution is 6.32. The molecule has 0 amide bonds. The summed E-state index contributed by atoms with van der Waals surface area (Å²) in [6.45, 7) is 0. The molecular formula is C12H9ClN6O. The summed E-state index contributed by atoms with van der Waals surface area (Å²) in [5, 5.41) is 9.97. The molecule has 3 N–H and O–H groups in total. The second-order valence-electron chi connectivity index (χ2n) is 3.94. The minimum Gasteiger partial charge on any atom is -0.327 e. The van der Waals surface area contributed by atoms with Gasteiger partial charge in [-0.1, -0.05) is 11.6 Å². The van der Waals surface area contributed by atoms with E-state index in [9.17, 15) is 4.79 Å². The predicted octanol–water partition coefficient (Wildman–Crippen LogP) is 1.95. The maximum Gasteiger partial charge on any atom is 0.248 e. The number of nitrogens with one attached hydrogen (secondary N) is 3. The van der Waals surface area contributed by atoms with E-state index in [1.807, 2.05) is 0 Å². The van der Waals surface area contributed by atoms with Gasteiger partial charge in [0.25, 0.3) is 0 Å². The number of anilines is 2. The molecule has 0 spiro atoms. The van der Waals surface area contributed by atoms with Crippen LogP contribution in [0.3, 0.4) is 0 Å². The molecule has 0 unspecified atom stereocenters. The Bertz CT molecular complexity index is 762. The van der Waals surface area contributed by atoms with Crippen molar-refractivity contribution in [3.05, 3.63) is 52.3 Å². The third kappa shape index (κ3) is 2.52. The molecule has 0 aromatic carbocycles. The Morgan fingerprint density at radius 3 is 2.80 bits per heavy atom. The Morgan fingerprint density at radius 1 is 1.20 bits per heavy atom. The van der Waals surface area contributed by atoms with Crippen molar-refractivity contribution in [1.82, 2.24) is 25.1 Å². The van der Waals surface area contributed by atoms with Crippen molar-refractivity contribution in [2.24, 2.45) is 0 Å². The summed E-state index contributed by atoms with van der Waals surface area (Å²) >= 11 is 6.07. The maximum absolute atomic E-state index is 11.0. The first-order valence-corrected chi connectivity index (χ1v) is 6.07. The van der Waals surface area contributed by atoms with Gasteiger partial charge in [-0.15, -0.1) is 0 Å². The molecule has 0 aliphatic rings. The Kier molecular flexibility index (Phi) is 3.18. The highest BCUT2D eigenvalue weighted by Gasteiger charge is 2.09. The molecule has 0 fully saturated rings. The minimum absolute atomic E-state index is 0.174. The van der Waals surface area contributed by atoms with Crippen LogP contribution in [0.2, 0.25) is 5.02 Å². The third-order valence-electron chi connectivity index (χ3n) is 2.56. The van der Waals surface area contributed by atoms with E-state index in [1.165, 1.54) is 18.5 Å². The topological polar surface area (TPSA) is 99.3 Å². The fourth-order valence-corrected chi connectivity index (χ4v) is 1.83. The largest absolute Gasteiger partial charge is 0.327 e. The smallest absolute Gasteiger partial charge is 0.248 e. The fraction of sp³-hybridized carbons (Fsp3) is 0. The van der Waals surface area contributed by atoms with Gasteiger partial charge in [0.05, 0.1) is 28.8 Å². The van der Waals surface area contributed by atoms with Crippen molar-refractivity contribution >= 4 is 23.2 Å². The molecule has 3 aromatic heterocycles. The molecule has 8 heteroatoms. The highest BCUT2D eigenvalue weighted by atomic mass is 35.5. The van der Waals surface area contributed by atoms with Crippen molar-refractivity contribution in [1.29, 1.82) is 0 Å². The van der Waals surface area contributed by atoms with Crippen LogP contribution < -0.4 is 10.9 Å². The van der Waals surface area contributed by atoms with E-state index >= 15 is 0 Å². The number of aromatic amines is 2. The monoisotopic (exact) mass is 288 g/mol. The van der Waals surface area contributed by atoms with Gasteiger partial charge < -0.3 is 10.3 Å². The SMILES string of the molecule is O=c1ccc(Nc2ncc(Cl)c(-c3cn[nH]c3)n2)c[nH]1. The molecule has 0 bridgehead atoms. The van der Waals surface area contributed by atoms with Crippen LogP contribution in [0.25, 0.3) is 11.3 Å². The van der Waals surface area contributed by atoms with Gasteiger partial charge in [0, 0.05) is 24.0 Å². The summed E-state index contributed by atoms with van der Waals surface area (Å²) in [7, 11) is 0. The molecule has 0 radical (unpaired) electrons. The first-order valence-electron chi connectivity index (χ1n) is 5.70. The zero-order chi connectivity index (χ0) is 13.9. The van der Waals surface area contributed by atoms with Crippen molar-refractivity contribution in [2.75, 3.05) is 5.32 Å². The maximum atomic E-state index is 11.0. The first-order chi connectivity index (χ1) is 9.72. The van der Waals surface area contributed by atoms with Crippen molar-refractivity contribution < 1.29 is 0 Å². The van der Waals surface area contributed by atoms with Crippen LogP contribution in [-0.2, 0) is 0 Å². The molecule has 20 heavy (non-hydrogen) atoms. The molecule has 100 valence electrons. The molecule has 0 saturated carbocycles. The second-order valence-corrected chi connectivity index (χ2v) is 4.35. The number of aromatic nitrogens is 5. The Balaban J connectivity index is 1.93. The van der Waals surface area contributed by atoms with Crippen LogP contribution >= 0.6 is 11.6 Å². The lowest BCUT2D eigenvalue weighted by Crippen LogP contribution is -2.04. The van der Waals surface area contributed by atoms with Crippen LogP contribution in [0.5, 0.6) is 0 Å². The summed E-state index contributed by atoms with van der Waals surface area (Å²) in [6, 6.07) is 3.05. The Morgan fingerprint density at radius 2 is 2.10 bits per heavy atom. The quantitative estimate of drug-likeness (QED) is 0.684. The lowest BCUT2D eigenvalue weighted by atomic mass is 10.2. The molecule has 7 nitrogen and oxygen atoms in total. The van der Waals surface area contributed by atoms with Gasteiger partial charge in [-0.25, -0.2) is 9.97 Å². The summed E-state index contributed by atoms with van der Waals surface area (Å²) < 4.78 is 0. The van der Waals surface area contributed by atoms with Crippen LogP contribution in [0.4, 0.5) is 11.6 Å². The average molecular weight is 289 g/mol. The molecular weight excluding hydrogens is 280 g/mol. The van der Waals surface area contributed by atoms with E-state index < -0.39 is 0 Å². The second kappa shape index (κ2) is 5.14. The van der Waals surface area contributed by atoms with Crippen LogP contribution in [-0.4, -0.2) is 25.1 Å². The van der Waals surface area contributed by atoms with Gasteiger partial charge in [0.1, 0.15) is 0 Å². The lowest BCUT2D eigenvalue weighted by molar-refractivity contribution is 1.09. The molecule has 0 aliphatic carbocycles. The van der Waals surface area contributed by atoms with Gasteiger partial charge in [0.15, 0.2) is 0 Å². The van der Waals surface area contributed by atoms with Gasteiger partial charge in [-0.05, 0) is 6.07 Å². The predicted molar refractivity (Wildman–Crippen MR) is 75.0 cm³/mol. The molecule has 3 rings (SSSR count). The third-order valence-corrected chi connectivity index (χ3v) is 2.83. The number of hydrogen-bond donors (Lipinski definition) is 3. The van der Waals surface area contributed by atoms with Crippen LogP contribution in [0.1, 0.15) is 0 Å². The van der Waals surface area contributed by atoms with Crippen LogP contribution in [0.15, 0.2) is 41.7 Å². The van der Waals surface area contributed by atoms with E-state index in [-0.39, 0.29) is 5.56 Å². The number of pyridine rings is 1. The highest BCUT2D eigenvalue weighted by Crippen LogP contribution is 2.25. The minimum atomic E-state index is -0.174. The fourth-order valence-electron chi connectivity index (χ4n) is 1.63. The normalized spacial score (nSPS) is 10.4. The van der Waals surface area contributed by atoms with E-state index in [1.54, 1.807) is 18.5 Å². The molecule has 3 aromatic rings. The number of hydrogen-bond acceptors (Lipinski definition) is 5.